The molecule has 4 nitrogen and oxygen atoms in total. The van der Waals surface area contributed by atoms with Gasteiger partial charge >= 0.3 is 0 Å². The van der Waals surface area contributed by atoms with Crippen LogP contribution in [0.15, 0.2) is 206 Å². The highest BCUT2D eigenvalue weighted by Gasteiger charge is 2.51. The fourth-order valence-electron chi connectivity index (χ4n) is 11.8. The number of hydrogen-bond donors (Lipinski definition) is 1. The number of benzene rings is 8. The molecule has 63 heavy (non-hydrogen) atoms. The first-order valence-electron chi connectivity index (χ1n) is 22.3. The second-order valence-electron chi connectivity index (χ2n) is 17.6. The van der Waals surface area contributed by atoms with Crippen LogP contribution in [0, 0.1) is 0 Å². The smallest absolute Gasteiger partial charge is 0.0754 e. The molecule has 0 bridgehead atoms. The van der Waals surface area contributed by atoms with Crippen LogP contribution in [0.3, 0.4) is 0 Å². The number of hydrazine groups is 1. The van der Waals surface area contributed by atoms with E-state index in [9.17, 15) is 0 Å². The summed E-state index contributed by atoms with van der Waals surface area (Å²) in [5, 5.41) is 7.54. The molecule has 2 aromatic heterocycles. The number of para-hydroxylation sites is 3. The van der Waals surface area contributed by atoms with Gasteiger partial charge in [0.25, 0.3) is 0 Å². The van der Waals surface area contributed by atoms with Gasteiger partial charge in [0, 0.05) is 27.2 Å². The fourth-order valence-corrected chi connectivity index (χ4v) is 11.8. The lowest BCUT2D eigenvalue weighted by Crippen LogP contribution is -2.34. The minimum Gasteiger partial charge on any atom is -0.309 e. The first-order chi connectivity index (χ1) is 31.3. The standard InChI is InChI=1S/C59H42N4/c1-4-18-39(19-5-1)51-36-55(40-20-6-2-7-21-40)61(60-51)37-38-32-33-43-42-24-10-13-27-47(42)59(49(43)34-38)48-28-14-17-31-54(48)63-53-30-16-12-26-45(53)56-57-46(35-50(59)58(56)63)44-25-11-15-29-52(44)62(57)41-22-8-3-9-23-41/h1-2,4-8,10-36,51,60H,3,9,37H2. The van der Waals surface area contributed by atoms with Gasteiger partial charge in [0.05, 0.1) is 51.5 Å². The van der Waals surface area contributed by atoms with Crippen LogP contribution in [0.4, 0.5) is 0 Å². The van der Waals surface area contributed by atoms with Crippen molar-refractivity contribution in [3.05, 3.63) is 245 Å². The SMILES string of the molecule is C1=CC(n2c3ccccc3c3cc4c5c(c6ccccc6n5-c5ccccc5C45c4ccccc4-c4ccc(CN6NC(c7ccccc7)C=C6c6ccccc6)cc45)c32)=CCC1. The average molecular weight is 807 g/mol. The number of allylic oxidation sites excluding steroid dienone is 4. The molecular weight excluding hydrogens is 765 g/mol. The van der Waals surface area contributed by atoms with E-state index >= 15 is 0 Å². The van der Waals surface area contributed by atoms with Gasteiger partial charge in [-0.15, -0.1) is 0 Å². The number of aromatic nitrogens is 2. The number of hydrogen-bond acceptors (Lipinski definition) is 2. The van der Waals surface area contributed by atoms with Crippen LogP contribution in [0.5, 0.6) is 0 Å². The summed E-state index contributed by atoms with van der Waals surface area (Å²) in [5.41, 5.74) is 23.8. The summed E-state index contributed by atoms with van der Waals surface area (Å²) < 4.78 is 5.15. The maximum Gasteiger partial charge on any atom is 0.0754 e. The zero-order chi connectivity index (χ0) is 41.2. The van der Waals surface area contributed by atoms with Crippen molar-refractivity contribution in [1.82, 2.24) is 19.6 Å². The van der Waals surface area contributed by atoms with Gasteiger partial charge in [-0.25, -0.2) is 5.43 Å². The lowest BCUT2D eigenvalue weighted by Gasteiger charge is -2.40. The van der Waals surface area contributed by atoms with E-state index in [1.807, 2.05) is 0 Å². The van der Waals surface area contributed by atoms with Crippen LogP contribution in [0.25, 0.3) is 71.8 Å². The molecule has 0 fully saturated rings. The van der Waals surface area contributed by atoms with Crippen molar-refractivity contribution in [2.24, 2.45) is 0 Å². The maximum absolute atomic E-state index is 3.91. The maximum atomic E-state index is 3.91. The molecule has 10 aromatic rings. The molecule has 2 atom stereocenters. The van der Waals surface area contributed by atoms with Crippen molar-refractivity contribution in [3.8, 4) is 16.8 Å². The van der Waals surface area contributed by atoms with Gasteiger partial charge in [0.2, 0.25) is 0 Å². The first-order valence-corrected chi connectivity index (χ1v) is 22.3. The summed E-state index contributed by atoms with van der Waals surface area (Å²) in [4.78, 5) is 0. The summed E-state index contributed by atoms with van der Waals surface area (Å²) in [7, 11) is 0. The van der Waals surface area contributed by atoms with Crippen LogP contribution in [0.1, 0.15) is 57.8 Å². The Morgan fingerprint density at radius 3 is 2.06 bits per heavy atom. The van der Waals surface area contributed by atoms with Gasteiger partial charge in [0.1, 0.15) is 0 Å². The Morgan fingerprint density at radius 2 is 1.24 bits per heavy atom. The minimum atomic E-state index is -0.578. The third-order valence-corrected chi connectivity index (χ3v) is 14.3. The van der Waals surface area contributed by atoms with E-state index in [4.69, 9.17) is 0 Å². The van der Waals surface area contributed by atoms with E-state index < -0.39 is 5.41 Å². The van der Waals surface area contributed by atoms with E-state index in [1.165, 1.54) is 111 Å². The van der Waals surface area contributed by atoms with Gasteiger partial charge in [-0.2, -0.15) is 0 Å². The zero-order valence-electron chi connectivity index (χ0n) is 34.7. The van der Waals surface area contributed by atoms with Crippen molar-refractivity contribution in [2.45, 2.75) is 30.8 Å². The topological polar surface area (TPSA) is 25.1 Å². The average Bonchev–Trinajstić information content (AvgIpc) is 4.10. The molecule has 0 radical (unpaired) electrons. The van der Waals surface area contributed by atoms with Gasteiger partial charge in [-0.1, -0.05) is 170 Å². The summed E-state index contributed by atoms with van der Waals surface area (Å²) in [6.07, 6.45) is 11.6. The van der Waals surface area contributed by atoms with Gasteiger partial charge in [-0.05, 0) is 99.3 Å². The molecule has 1 spiro atoms. The van der Waals surface area contributed by atoms with Crippen LogP contribution in [-0.2, 0) is 12.0 Å². The summed E-state index contributed by atoms with van der Waals surface area (Å²) in [5.74, 6) is 0. The zero-order valence-corrected chi connectivity index (χ0v) is 34.7. The lowest BCUT2D eigenvalue weighted by molar-refractivity contribution is 0.283. The number of fused-ring (bicyclic) bond motifs is 16. The van der Waals surface area contributed by atoms with E-state index in [1.54, 1.807) is 0 Å². The monoisotopic (exact) mass is 806 g/mol. The first kappa shape index (κ1) is 35.0. The Hall–Kier alpha value is -7.66. The van der Waals surface area contributed by atoms with Gasteiger partial charge < -0.3 is 14.1 Å². The Balaban J connectivity index is 1.06. The van der Waals surface area contributed by atoms with E-state index in [0.29, 0.717) is 6.54 Å². The second kappa shape index (κ2) is 13.2. The molecule has 2 unspecified atom stereocenters. The third-order valence-electron chi connectivity index (χ3n) is 14.3. The van der Waals surface area contributed by atoms with Gasteiger partial charge in [-0.3, -0.25) is 0 Å². The van der Waals surface area contributed by atoms with Crippen LogP contribution >= 0.6 is 0 Å². The van der Waals surface area contributed by atoms with Crippen LogP contribution in [0.2, 0.25) is 0 Å². The van der Waals surface area contributed by atoms with Crippen molar-refractivity contribution in [3.63, 3.8) is 0 Å². The fraction of sp³-hybridized carbons (Fsp3) is 0.0847. The number of nitrogens with zero attached hydrogens (tertiary/aromatic N) is 3. The predicted molar refractivity (Wildman–Crippen MR) is 260 cm³/mol. The van der Waals surface area contributed by atoms with Crippen molar-refractivity contribution in [1.29, 1.82) is 0 Å². The number of nitrogens with one attached hydrogen (secondary N) is 1. The molecule has 2 aliphatic carbocycles. The molecule has 14 rings (SSSR count). The van der Waals surface area contributed by atoms with E-state index in [0.717, 1.165) is 12.8 Å². The normalized spacial score (nSPS) is 18.3. The highest BCUT2D eigenvalue weighted by Crippen LogP contribution is 2.62. The highest BCUT2D eigenvalue weighted by molar-refractivity contribution is 6.28. The molecule has 4 heterocycles. The molecule has 4 aliphatic rings. The summed E-state index contributed by atoms with van der Waals surface area (Å²) in [6.45, 7) is 0.705. The Bertz CT molecular complexity index is 3640. The van der Waals surface area contributed by atoms with Crippen molar-refractivity contribution >= 4 is 55.0 Å². The molecule has 8 aromatic carbocycles. The molecule has 2 aliphatic heterocycles. The molecular formula is C59H42N4. The molecule has 0 saturated carbocycles. The molecule has 298 valence electrons. The van der Waals surface area contributed by atoms with E-state index in [-0.39, 0.29) is 6.04 Å². The van der Waals surface area contributed by atoms with Crippen molar-refractivity contribution in [2.75, 3.05) is 0 Å². The minimum absolute atomic E-state index is 0.0700. The second-order valence-corrected chi connectivity index (χ2v) is 17.6. The summed E-state index contributed by atoms with van der Waals surface area (Å²) >= 11 is 0. The van der Waals surface area contributed by atoms with Gasteiger partial charge in [0.15, 0.2) is 0 Å². The number of rotatable bonds is 5. The molecule has 4 heteroatoms. The molecule has 0 saturated heterocycles. The Morgan fingerprint density at radius 1 is 0.540 bits per heavy atom. The largest absolute Gasteiger partial charge is 0.309 e. The van der Waals surface area contributed by atoms with Crippen LogP contribution < -0.4 is 5.43 Å². The van der Waals surface area contributed by atoms with E-state index in [2.05, 4.69) is 226 Å². The predicted octanol–water partition coefficient (Wildman–Crippen LogP) is 13.9. The highest BCUT2D eigenvalue weighted by atomic mass is 15.5. The molecule has 1 N–H and O–H groups in total. The summed E-state index contributed by atoms with van der Waals surface area (Å²) in [6, 6.07) is 68.2. The Kier molecular flexibility index (Phi) is 7.32. The van der Waals surface area contributed by atoms with Crippen molar-refractivity contribution < 1.29 is 0 Å². The molecule has 0 amide bonds. The third kappa shape index (κ3) is 4.73. The quantitative estimate of drug-likeness (QED) is 0.187. The lowest BCUT2D eigenvalue weighted by atomic mass is 9.65. The Labute approximate surface area is 365 Å². The van der Waals surface area contributed by atoms with Crippen LogP contribution in [-0.4, -0.2) is 14.1 Å².